The van der Waals surface area contributed by atoms with Gasteiger partial charge in [0.05, 0.1) is 12.1 Å². The third kappa shape index (κ3) is 4.36. The largest absolute Gasteiger partial charge is 0.274 e. The Morgan fingerprint density at radius 1 is 1.13 bits per heavy atom. The molecule has 2 aromatic carbocycles. The van der Waals surface area contributed by atoms with Gasteiger partial charge >= 0.3 is 0 Å². The number of benzene rings is 2. The summed E-state index contributed by atoms with van der Waals surface area (Å²) in [5.41, 5.74) is 4.15. The molecule has 7 nitrogen and oxygen atoms in total. The number of nitrogens with one attached hydrogen (secondary N) is 1. The summed E-state index contributed by atoms with van der Waals surface area (Å²) in [6.45, 7) is 5.20. The maximum absolute atomic E-state index is 13.1. The van der Waals surface area contributed by atoms with Crippen LogP contribution in [0.1, 0.15) is 36.2 Å². The predicted molar refractivity (Wildman–Crippen MR) is 113 cm³/mol. The number of aryl methyl sites for hydroxylation is 1. The maximum Gasteiger partial charge on any atom is 0.269 e. The quantitative estimate of drug-likeness (QED) is 0.600. The molecule has 156 valence electrons. The smallest absolute Gasteiger partial charge is 0.269 e. The Hall–Kier alpha value is -3.19. The summed E-state index contributed by atoms with van der Waals surface area (Å²) in [4.78, 5) is 52.2. The van der Waals surface area contributed by atoms with E-state index in [0.29, 0.717) is 10.7 Å². The van der Waals surface area contributed by atoms with Crippen LogP contribution in [-0.2, 0) is 14.4 Å². The number of halogens is 1. The maximum atomic E-state index is 13.1. The zero-order valence-electron chi connectivity index (χ0n) is 16.9. The first-order valence-electron chi connectivity index (χ1n) is 9.52. The number of hydrogen-bond donors (Lipinski definition) is 1. The van der Waals surface area contributed by atoms with Crippen molar-refractivity contribution in [3.05, 3.63) is 64.7 Å². The van der Waals surface area contributed by atoms with Crippen molar-refractivity contribution in [2.75, 3.05) is 4.90 Å². The number of imide groups is 1. The van der Waals surface area contributed by atoms with E-state index in [1.54, 1.807) is 56.3 Å². The molecule has 30 heavy (non-hydrogen) atoms. The van der Waals surface area contributed by atoms with Gasteiger partial charge in [-0.3, -0.25) is 24.6 Å². The fourth-order valence-electron chi connectivity index (χ4n) is 3.15. The van der Waals surface area contributed by atoms with Gasteiger partial charge in [-0.25, -0.2) is 9.91 Å². The van der Waals surface area contributed by atoms with Gasteiger partial charge in [0, 0.05) is 16.5 Å². The Labute approximate surface area is 179 Å². The summed E-state index contributed by atoms with van der Waals surface area (Å²) in [5, 5.41) is 1.34. The van der Waals surface area contributed by atoms with Gasteiger partial charge in [-0.15, -0.1) is 0 Å². The van der Waals surface area contributed by atoms with Crippen molar-refractivity contribution >= 4 is 40.9 Å². The zero-order chi connectivity index (χ0) is 22.0. The minimum absolute atomic E-state index is 0.221. The van der Waals surface area contributed by atoms with Gasteiger partial charge in [0.2, 0.25) is 11.8 Å². The molecule has 3 rings (SSSR count). The zero-order valence-corrected chi connectivity index (χ0v) is 17.6. The number of nitrogens with zero attached hydrogens (tertiary/aromatic N) is 2. The molecule has 1 heterocycles. The van der Waals surface area contributed by atoms with E-state index in [1.807, 2.05) is 6.92 Å². The number of hydrazine groups is 1. The summed E-state index contributed by atoms with van der Waals surface area (Å²) in [7, 11) is 0. The van der Waals surface area contributed by atoms with Crippen molar-refractivity contribution in [3.63, 3.8) is 0 Å². The molecule has 0 radical (unpaired) electrons. The van der Waals surface area contributed by atoms with Crippen LogP contribution in [-0.4, -0.2) is 34.7 Å². The highest BCUT2D eigenvalue weighted by Gasteiger charge is 2.45. The second kappa shape index (κ2) is 8.67. The van der Waals surface area contributed by atoms with Gasteiger partial charge in [0.1, 0.15) is 6.04 Å². The summed E-state index contributed by atoms with van der Waals surface area (Å²) in [5.74, 6) is -2.57. The second-order valence-corrected chi connectivity index (χ2v) is 7.87. The number of amides is 4. The molecule has 1 saturated heterocycles. The summed E-state index contributed by atoms with van der Waals surface area (Å²) >= 11 is 5.94. The monoisotopic (exact) mass is 427 g/mol. The van der Waals surface area contributed by atoms with E-state index in [0.717, 1.165) is 15.5 Å². The number of rotatable bonds is 4. The van der Waals surface area contributed by atoms with Crippen molar-refractivity contribution in [2.45, 2.75) is 33.2 Å². The Kier molecular flexibility index (Phi) is 6.22. The third-order valence-electron chi connectivity index (χ3n) is 4.77. The number of anilines is 1. The van der Waals surface area contributed by atoms with E-state index < -0.39 is 35.6 Å². The van der Waals surface area contributed by atoms with Gasteiger partial charge in [-0.1, -0.05) is 49.2 Å². The minimum atomic E-state index is -1.13. The van der Waals surface area contributed by atoms with E-state index in [-0.39, 0.29) is 12.0 Å². The molecular weight excluding hydrogens is 406 g/mol. The van der Waals surface area contributed by atoms with Crippen molar-refractivity contribution in [3.8, 4) is 0 Å². The molecule has 0 spiro atoms. The second-order valence-electron chi connectivity index (χ2n) is 7.44. The van der Waals surface area contributed by atoms with E-state index in [1.165, 1.54) is 6.07 Å². The first-order valence-corrected chi connectivity index (χ1v) is 9.90. The number of carbonyl (C=O) groups excluding carboxylic acids is 4. The first-order chi connectivity index (χ1) is 14.2. The van der Waals surface area contributed by atoms with Crippen LogP contribution in [0.3, 0.4) is 0 Å². The van der Waals surface area contributed by atoms with E-state index >= 15 is 0 Å². The molecule has 1 N–H and O–H groups in total. The SMILES string of the molecule is Cc1ccc(N2C(=O)CC(N(NC(=O)c3cccc(Cl)c3)C(=O)C(C)C)C2=O)cc1. The van der Waals surface area contributed by atoms with Gasteiger partial charge in [-0.2, -0.15) is 0 Å². The van der Waals surface area contributed by atoms with Crippen LogP contribution in [0, 0.1) is 12.8 Å². The lowest BCUT2D eigenvalue weighted by atomic mass is 10.1. The molecule has 1 fully saturated rings. The van der Waals surface area contributed by atoms with E-state index in [2.05, 4.69) is 5.43 Å². The van der Waals surface area contributed by atoms with Crippen molar-refractivity contribution in [2.24, 2.45) is 5.92 Å². The van der Waals surface area contributed by atoms with Crippen LogP contribution < -0.4 is 10.3 Å². The molecule has 0 aliphatic carbocycles. The molecule has 0 saturated carbocycles. The van der Waals surface area contributed by atoms with Crippen LogP contribution in [0.25, 0.3) is 0 Å². The molecule has 1 unspecified atom stereocenters. The highest BCUT2D eigenvalue weighted by molar-refractivity contribution is 6.31. The van der Waals surface area contributed by atoms with Crippen LogP contribution in [0.2, 0.25) is 5.02 Å². The molecule has 8 heteroatoms. The van der Waals surface area contributed by atoms with Gasteiger partial charge < -0.3 is 0 Å². The van der Waals surface area contributed by atoms with Crippen LogP contribution in [0.5, 0.6) is 0 Å². The average Bonchev–Trinajstić information content (AvgIpc) is 3.00. The van der Waals surface area contributed by atoms with Gasteiger partial charge in [0.25, 0.3) is 11.8 Å². The van der Waals surface area contributed by atoms with Crippen LogP contribution in [0.15, 0.2) is 48.5 Å². The molecule has 1 aliphatic rings. The predicted octanol–water partition coefficient (Wildman–Crippen LogP) is 3.11. The Bertz CT molecular complexity index is 1000. The highest BCUT2D eigenvalue weighted by atomic mass is 35.5. The van der Waals surface area contributed by atoms with Crippen molar-refractivity contribution in [1.29, 1.82) is 0 Å². The van der Waals surface area contributed by atoms with E-state index in [9.17, 15) is 19.2 Å². The lowest BCUT2D eigenvalue weighted by Crippen LogP contribution is -2.55. The van der Waals surface area contributed by atoms with E-state index in [4.69, 9.17) is 11.6 Å². The van der Waals surface area contributed by atoms with Crippen LogP contribution in [0.4, 0.5) is 5.69 Å². The third-order valence-corrected chi connectivity index (χ3v) is 5.00. The lowest BCUT2D eigenvalue weighted by Gasteiger charge is -2.29. The Morgan fingerprint density at radius 2 is 1.80 bits per heavy atom. The number of hydrogen-bond acceptors (Lipinski definition) is 4. The minimum Gasteiger partial charge on any atom is -0.274 e. The van der Waals surface area contributed by atoms with Gasteiger partial charge in [-0.05, 0) is 37.3 Å². The van der Waals surface area contributed by atoms with Gasteiger partial charge in [0.15, 0.2) is 0 Å². The standard InChI is InChI=1S/C22H22ClN3O4/c1-13(2)21(29)26(24-20(28)15-5-4-6-16(23)11-15)18-12-19(27)25(22(18)30)17-9-7-14(3)8-10-17/h4-11,13,18H,12H2,1-3H3,(H,24,28). The molecule has 2 aromatic rings. The molecule has 1 atom stereocenters. The molecule has 0 bridgehead atoms. The van der Waals surface area contributed by atoms with Crippen molar-refractivity contribution in [1.82, 2.24) is 10.4 Å². The fourth-order valence-corrected chi connectivity index (χ4v) is 3.34. The number of carbonyl (C=O) groups is 4. The lowest BCUT2D eigenvalue weighted by molar-refractivity contribution is -0.143. The topological polar surface area (TPSA) is 86.8 Å². The summed E-state index contributed by atoms with van der Waals surface area (Å²) in [6, 6.07) is 12.0. The highest BCUT2D eigenvalue weighted by Crippen LogP contribution is 2.26. The molecular formula is C22H22ClN3O4. The molecule has 1 aliphatic heterocycles. The molecule has 4 amide bonds. The van der Waals surface area contributed by atoms with Crippen LogP contribution >= 0.6 is 11.6 Å². The fraction of sp³-hybridized carbons (Fsp3) is 0.273. The summed E-state index contributed by atoms with van der Waals surface area (Å²) < 4.78 is 0. The normalized spacial score (nSPS) is 16.2. The first kappa shape index (κ1) is 21.5. The average molecular weight is 428 g/mol. The molecule has 0 aromatic heterocycles. The van der Waals surface area contributed by atoms with Crippen molar-refractivity contribution < 1.29 is 19.2 Å². The Balaban J connectivity index is 1.89. The Morgan fingerprint density at radius 3 is 2.40 bits per heavy atom. The summed E-state index contributed by atoms with van der Waals surface area (Å²) in [6.07, 6.45) is -0.221.